The van der Waals surface area contributed by atoms with Crippen LogP contribution < -0.4 is 11.1 Å². The van der Waals surface area contributed by atoms with Gasteiger partial charge in [-0.2, -0.15) is 0 Å². The zero-order valence-corrected chi connectivity index (χ0v) is 12.3. The van der Waals surface area contributed by atoms with Gasteiger partial charge in [0, 0.05) is 17.9 Å². The molecule has 6 nitrogen and oxygen atoms in total. The minimum absolute atomic E-state index is 0.176. The molecule has 110 valence electrons. The first-order valence-electron chi connectivity index (χ1n) is 6.93. The molecule has 0 atom stereocenters. The highest BCUT2D eigenvalue weighted by Gasteiger charge is 2.25. The number of carbonyl (C=O) groups excluding carboxylic acids is 1. The summed E-state index contributed by atoms with van der Waals surface area (Å²) >= 11 is 0. The Morgan fingerprint density at radius 1 is 1.55 bits per heavy atom. The summed E-state index contributed by atoms with van der Waals surface area (Å²) in [6.45, 7) is 8.40. The molecule has 1 aromatic heterocycles. The number of primary amides is 1. The summed E-state index contributed by atoms with van der Waals surface area (Å²) < 4.78 is 5.12. The first-order valence-corrected chi connectivity index (χ1v) is 6.93. The lowest BCUT2D eigenvalue weighted by Crippen LogP contribution is -2.34. The summed E-state index contributed by atoms with van der Waals surface area (Å²) in [6.07, 6.45) is 2.54. The molecule has 6 heteroatoms. The van der Waals surface area contributed by atoms with E-state index in [0.717, 1.165) is 26.2 Å². The topological polar surface area (TPSA) is 90.1 Å². The molecule has 1 saturated heterocycles. The first-order chi connectivity index (χ1) is 9.44. The van der Waals surface area contributed by atoms with Gasteiger partial charge in [-0.1, -0.05) is 20.8 Å². The van der Waals surface area contributed by atoms with Crippen LogP contribution in [0.3, 0.4) is 0 Å². The van der Waals surface area contributed by atoms with E-state index in [1.807, 2.05) is 13.8 Å². The molecule has 1 aliphatic heterocycles. The van der Waals surface area contributed by atoms with Gasteiger partial charge in [-0.05, 0) is 6.42 Å². The monoisotopic (exact) mass is 278 g/mol. The molecule has 3 N–H and O–H groups in total. The molecule has 0 radical (unpaired) electrons. The molecule has 1 aliphatic rings. The van der Waals surface area contributed by atoms with Gasteiger partial charge in [-0.25, -0.2) is 9.97 Å². The highest BCUT2D eigenvalue weighted by Crippen LogP contribution is 2.25. The number of hydrogen-bond donors (Lipinski definition) is 2. The van der Waals surface area contributed by atoms with Gasteiger partial charge in [0.2, 0.25) is 0 Å². The van der Waals surface area contributed by atoms with Crippen LogP contribution in [0.4, 0.5) is 5.69 Å². The quantitative estimate of drug-likeness (QED) is 0.819. The van der Waals surface area contributed by atoms with Crippen LogP contribution in [0, 0.1) is 5.92 Å². The smallest absolute Gasteiger partial charge is 0.269 e. The largest absolute Gasteiger partial charge is 0.381 e. The molecule has 0 saturated carbocycles. The van der Waals surface area contributed by atoms with Crippen LogP contribution in [0.1, 0.15) is 43.5 Å². The van der Waals surface area contributed by atoms with E-state index in [4.69, 9.17) is 10.5 Å². The predicted octanol–water partition coefficient (Wildman–Crippen LogP) is 1.32. The van der Waals surface area contributed by atoms with Crippen molar-refractivity contribution in [1.82, 2.24) is 9.97 Å². The normalized spacial score (nSPS) is 15.8. The molecule has 0 aromatic carbocycles. The number of carbonyl (C=O) groups is 1. The number of rotatable bonds is 6. The molecular formula is C14H22N4O2. The van der Waals surface area contributed by atoms with E-state index in [2.05, 4.69) is 22.2 Å². The number of nitrogens with zero attached hydrogens (tertiary/aromatic N) is 2. The fourth-order valence-electron chi connectivity index (χ4n) is 1.84. The molecule has 2 heterocycles. The van der Waals surface area contributed by atoms with E-state index in [-0.39, 0.29) is 11.1 Å². The number of anilines is 1. The Balaban J connectivity index is 2.21. The third kappa shape index (κ3) is 3.07. The maximum absolute atomic E-state index is 11.6. The number of nitrogens with one attached hydrogen (secondary N) is 1. The standard InChI is InChI=1S/C14H22N4O2/c1-4-14(2,3)13-17-6-10(11(18-13)12(15)19)16-5-9-7-20-8-9/h6,9,16H,4-5,7-8H2,1-3H3,(H2,15,19). The van der Waals surface area contributed by atoms with Crippen molar-refractivity contribution in [2.45, 2.75) is 32.6 Å². The minimum atomic E-state index is -0.534. The van der Waals surface area contributed by atoms with Crippen LogP contribution >= 0.6 is 0 Å². The molecule has 1 aromatic rings. The molecule has 2 rings (SSSR count). The minimum Gasteiger partial charge on any atom is -0.381 e. The van der Waals surface area contributed by atoms with Crippen LogP contribution in [0.15, 0.2) is 6.20 Å². The lowest BCUT2D eigenvalue weighted by atomic mass is 9.89. The summed E-state index contributed by atoms with van der Waals surface area (Å²) in [7, 11) is 0. The maximum Gasteiger partial charge on any atom is 0.269 e. The van der Waals surface area contributed by atoms with Gasteiger partial charge >= 0.3 is 0 Å². The molecule has 0 bridgehead atoms. The van der Waals surface area contributed by atoms with Crippen molar-refractivity contribution in [3.8, 4) is 0 Å². The Hall–Kier alpha value is -1.69. The lowest BCUT2D eigenvalue weighted by molar-refractivity contribution is -0.0248. The van der Waals surface area contributed by atoms with Crippen molar-refractivity contribution in [2.24, 2.45) is 11.7 Å². The second-order valence-corrected chi connectivity index (χ2v) is 5.84. The zero-order valence-electron chi connectivity index (χ0n) is 12.3. The van der Waals surface area contributed by atoms with Crippen molar-refractivity contribution in [3.05, 3.63) is 17.7 Å². The summed E-state index contributed by atoms with van der Waals surface area (Å²) in [4.78, 5) is 20.3. The van der Waals surface area contributed by atoms with Crippen LogP contribution in [-0.2, 0) is 10.2 Å². The number of aromatic nitrogens is 2. The number of hydrogen-bond acceptors (Lipinski definition) is 5. The lowest BCUT2D eigenvalue weighted by Gasteiger charge is -2.27. The van der Waals surface area contributed by atoms with Gasteiger partial charge in [-0.3, -0.25) is 4.79 Å². The van der Waals surface area contributed by atoms with Crippen molar-refractivity contribution in [2.75, 3.05) is 25.1 Å². The third-order valence-corrected chi connectivity index (χ3v) is 3.80. The summed E-state index contributed by atoms with van der Waals surface area (Å²) in [5.41, 5.74) is 6.11. The van der Waals surface area contributed by atoms with Gasteiger partial charge in [0.1, 0.15) is 5.82 Å². The Kier molecular flexibility index (Phi) is 4.23. The second-order valence-electron chi connectivity index (χ2n) is 5.84. The van der Waals surface area contributed by atoms with E-state index < -0.39 is 5.91 Å². The third-order valence-electron chi connectivity index (χ3n) is 3.80. The summed E-state index contributed by atoms with van der Waals surface area (Å²) in [5.74, 6) is 0.585. The molecule has 0 spiro atoms. The molecule has 20 heavy (non-hydrogen) atoms. The molecule has 0 unspecified atom stereocenters. The molecular weight excluding hydrogens is 256 g/mol. The molecule has 1 fully saturated rings. The van der Waals surface area contributed by atoms with Crippen molar-refractivity contribution < 1.29 is 9.53 Å². The van der Waals surface area contributed by atoms with Gasteiger partial charge in [0.15, 0.2) is 5.69 Å². The number of ether oxygens (including phenoxy) is 1. The van der Waals surface area contributed by atoms with Crippen molar-refractivity contribution in [3.63, 3.8) is 0 Å². The second kappa shape index (κ2) is 5.75. The van der Waals surface area contributed by atoms with Crippen molar-refractivity contribution in [1.29, 1.82) is 0 Å². The average Bonchev–Trinajstić information content (AvgIpc) is 2.36. The Bertz CT molecular complexity index is 498. The first kappa shape index (κ1) is 14.7. The Morgan fingerprint density at radius 2 is 2.25 bits per heavy atom. The SMILES string of the molecule is CCC(C)(C)c1ncc(NCC2COC2)c(C(N)=O)n1. The fraction of sp³-hybridized carbons (Fsp3) is 0.643. The van der Waals surface area contributed by atoms with Gasteiger partial charge in [0.05, 0.1) is 25.1 Å². The fourth-order valence-corrected chi connectivity index (χ4v) is 1.84. The highest BCUT2D eigenvalue weighted by atomic mass is 16.5. The molecule has 0 aliphatic carbocycles. The predicted molar refractivity (Wildman–Crippen MR) is 76.7 cm³/mol. The van der Waals surface area contributed by atoms with Gasteiger partial charge in [-0.15, -0.1) is 0 Å². The van der Waals surface area contributed by atoms with Crippen LogP contribution in [-0.4, -0.2) is 35.6 Å². The summed E-state index contributed by atoms with van der Waals surface area (Å²) in [6, 6.07) is 0. The van der Waals surface area contributed by atoms with Gasteiger partial charge in [0.25, 0.3) is 5.91 Å². The van der Waals surface area contributed by atoms with E-state index in [1.54, 1.807) is 6.20 Å². The number of amides is 1. The Morgan fingerprint density at radius 3 is 2.75 bits per heavy atom. The van der Waals surface area contributed by atoms with E-state index in [9.17, 15) is 4.79 Å². The van der Waals surface area contributed by atoms with Crippen LogP contribution in [0.5, 0.6) is 0 Å². The van der Waals surface area contributed by atoms with Gasteiger partial charge < -0.3 is 15.8 Å². The highest BCUT2D eigenvalue weighted by molar-refractivity contribution is 5.96. The summed E-state index contributed by atoms with van der Waals surface area (Å²) in [5, 5.41) is 3.19. The van der Waals surface area contributed by atoms with Crippen molar-refractivity contribution >= 4 is 11.6 Å². The van der Waals surface area contributed by atoms with E-state index in [1.165, 1.54) is 0 Å². The zero-order chi connectivity index (χ0) is 14.8. The average molecular weight is 278 g/mol. The van der Waals surface area contributed by atoms with Crippen LogP contribution in [0.2, 0.25) is 0 Å². The number of nitrogens with two attached hydrogens (primary N) is 1. The maximum atomic E-state index is 11.6. The Labute approximate surface area is 119 Å². The molecule has 1 amide bonds. The van der Waals surface area contributed by atoms with E-state index in [0.29, 0.717) is 17.4 Å². The van der Waals surface area contributed by atoms with Crippen LogP contribution in [0.25, 0.3) is 0 Å². The van der Waals surface area contributed by atoms with E-state index >= 15 is 0 Å².